The van der Waals surface area contributed by atoms with Crippen molar-refractivity contribution in [1.82, 2.24) is 10.3 Å². The van der Waals surface area contributed by atoms with Crippen LogP contribution in [0.2, 0.25) is 0 Å². The van der Waals surface area contributed by atoms with Crippen molar-refractivity contribution < 1.29 is 4.79 Å². The van der Waals surface area contributed by atoms with Crippen molar-refractivity contribution in [3.05, 3.63) is 36.0 Å². The van der Waals surface area contributed by atoms with E-state index in [0.29, 0.717) is 5.69 Å². The van der Waals surface area contributed by atoms with E-state index >= 15 is 0 Å². The Labute approximate surface area is 128 Å². The van der Waals surface area contributed by atoms with Gasteiger partial charge in [-0.1, -0.05) is 18.2 Å². The van der Waals surface area contributed by atoms with Gasteiger partial charge in [0, 0.05) is 29.9 Å². The van der Waals surface area contributed by atoms with E-state index in [1.54, 1.807) is 0 Å². The molecule has 3 rings (SSSR count). The van der Waals surface area contributed by atoms with Crippen molar-refractivity contribution in [2.24, 2.45) is 0 Å². The van der Waals surface area contributed by atoms with Crippen LogP contribution in [0.15, 0.2) is 30.3 Å². The highest BCUT2D eigenvalue weighted by Gasteiger charge is 2.18. The molecule has 1 amide bonds. The molecule has 1 saturated heterocycles. The van der Waals surface area contributed by atoms with E-state index in [0.717, 1.165) is 28.8 Å². The molecule has 1 aliphatic rings. The van der Waals surface area contributed by atoms with E-state index in [4.69, 9.17) is 0 Å². The Balaban J connectivity index is 1.87. The largest absolute Gasteiger partial charge is 0.388 e. The number of anilines is 1. The van der Waals surface area contributed by atoms with Crippen molar-refractivity contribution in [2.75, 3.05) is 23.9 Å². The minimum absolute atomic E-state index is 0.0789. The molecule has 0 radical (unpaired) electrons. The maximum Gasteiger partial charge on any atom is 0.270 e. The van der Waals surface area contributed by atoms with Gasteiger partial charge in [-0.05, 0) is 30.7 Å². The second-order valence-corrected chi connectivity index (χ2v) is 6.36. The summed E-state index contributed by atoms with van der Waals surface area (Å²) in [5.74, 6) is 2.12. The average Bonchev–Trinajstić information content (AvgIpc) is 2.54. The Hall–Kier alpha value is -1.75. The molecule has 0 spiro atoms. The third kappa shape index (κ3) is 3.13. The first-order valence-electron chi connectivity index (χ1n) is 7.24. The fraction of sp³-hybridized carbons (Fsp3) is 0.375. The van der Waals surface area contributed by atoms with Gasteiger partial charge in [0.1, 0.15) is 5.69 Å². The highest BCUT2D eigenvalue weighted by molar-refractivity contribution is 7.99. The molecule has 1 atom stereocenters. The first-order chi connectivity index (χ1) is 10.3. The van der Waals surface area contributed by atoms with Gasteiger partial charge in [0.15, 0.2) is 0 Å². The van der Waals surface area contributed by atoms with Crippen molar-refractivity contribution in [1.29, 1.82) is 0 Å². The summed E-state index contributed by atoms with van der Waals surface area (Å²) in [5, 5.41) is 7.28. The van der Waals surface area contributed by atoms with Gasteiger partial charge >= 0.3 is 0 Å². The van der Waals surface area contributed by atoms with Gasteiger partial charge in [0.2, 0.25) is 0 Å². The number of hydrogen-bond acceptors (Lipinski definition) is 4. The molecule has 4 nitrogen and oxygen atoms in total. The molecule has 2 heterocycles. The monoisotopic (exact) mass is 301 g/mol. The molecule has 2 aromatic rings. The Kier molecular flexibility index (Phi) is 4.29. The molecule has 110 valence electrons. The highest BCUT2D eigenvalue weighted by atomic mass is 32.2. The lowest BCUT2D eigenvalue weighted by molar-refractivity contribution is 0.0934. The summed E-state index contributed by atoms with van der Waals surface area (Å²) in [5.41, 5.74) is 2.25. The second kappa shape index (κ2) is 6.35. The van der Waals surface area contributed by atoms with Crippen LogP contribution >= 0.6 is 11.8 Å². The molecule has 0 bridgehead atoms. The number of para-hydroxylation sites is 1. The number of pyridine rings is 1. The summed E-state index contributed by atoms with van der Waals surface area (Å²) in [6, 6.07) is 9.95. The number of nitrogens with one attached hydrogen (secondary N) is 2. The van der Waals surface area contributed by atoms with E-state index in [1.807, 2.05) is 49.1 Å². The fourth-order valence-electron chi connectivity index (χ4n) is 2.61. The van der Waals surface area contributed by atoms with Gasteiger partial charge in [-0.2, -0.15) is 11.8 Å². The molecule has 0 aliphatic carbocycles. The lowest BCUT2D eigenvalue weighted by atomic mass is 10.1. The minimum Gasteiger partial charge on any atom is -0.388 e. The van der Waals surface area contributed by atoms with Crippen molar-refractivity contribution in [3.8, 4) is 0 Å². The molecule has 1 aromatic carbocycles. The van der Waals surface area contributed by atoms with Crippen LogP contribution < -0.4 is 10.6 Å². The molecule has 2 N–H and O–H groups in total. The smallest absolute Gasteiger partial charge is 0.270 e. The molecule has 0 saturated carbocycles. The van der Waals surface area contributed by atoms with Crippen LogP contribution in [0.4, 0.5) is 5.69 Å². The first-order valence-corrected chi connectivity index (χ1v) is 8.39. The molecular formula is C16H19N3OS. The van der Waals surface area contributed by atoms with Crippen LogP contribution in [0.25, 0.3) is 10.9 Å². The predicted octanol–water partition coefficient (Wildman–Crippen LogP) is 2.90. The third-order valence-corrected chi connectivity index (χ3v) is 4.93. The van der Waals surface area contributed by atoms with Crippen molar-refractivity contribution >= 4 is 34.3 Å². The van der Waals surface area contributed by atoms with Gasteiger partial charge in [-0.15, -0.1) is 0 Å². The van der Waals surface area contributed by atoms with Crippen LogP contribution in [0.5, 0.6) is 0 Å². The summed E-state index contributed by atoms with van der Waals surface area (Å²) in [7, 11) is 1.86. The summed E-state index contributed by atoms with van der Waals surface area (Å²) in [4.78, 5) is 16.9. The number of fused-ring (bicyclic) bond motifs is 1. The molecule has 1 fully saturated rings. The van der Waals surface area contributed by atoms with Crippen LogP contribution in [0, 0.1) is 0 Å². The zero-order valence-electron chi connectivity index (χ0n) is 12.1. The van der Waals surface area contributed by atoms with E-state index < -0.39 is 0 Å². The molecule has 1 unspecified atom stereocenters. The predicted molar refractivity (Wildman–Crippen MR) is 89.1 cm³/mol. The molecule has 1 aliphatic heterocycles. The number of amides is 1. The van der Waals surface area contributed by atoms with Gasteiger partial charge in [0.25, 0.3) is 5.91 Å². The summed E-state index contributed by atoms with van der Waals surface area (Å²) in [6.45, 7) is 0. The van der Waals surface area contributed by atoms with Gasteiger partial charge in [-0.25, -0.2) is 4.98 Å². The average molecular weight is 301 g/mol. The van der Waals surface area contributed by atoms with Crippen LogP contribution in [-0.2, 0) is 0 Å². The van der Waals surface area contributed by atoms with E-state index in [-0.39, 0.29) is 11.9 Å². The Morgan fingerprint density at radius 1 is 1.38 bits per heavy atom. The molecule has 5 heteroatoms. The zero-order chi connectivity index (χ0) is 14.7. The summed E-state index contributed by atoms with van der Waals surface area (Å²) >= 11 is 1.90. The van der Waals surface area contributed by atoms with Crippen LogP contribution in [-0.4, -0.2) is 35.5 Å². The standard InChI is InChI=1S/C16H19N3OS/c1-17-14-9-15(19-13-7-3-2-6-12(13)14)16(20)18-11-5-4-8-21-10-11/h2-3,6-7,9,11H,4-5,8,10H2,1H3,(H,17,19)(H,18,20). The second-order valence-electron chi connectivity index (χ2n) is 5.21. The fourth-order valence-corrected chi connectivity index (χ4v) is 3.68. The van der Waals surface area contributed by atoms with E-state index in [2.05, 4.69) is 15.6 Å². The zero-order valence-corrected chi connectivity index (χ0v) is 12.9. The van der Waals surface area contributed by atoms with Gasteiger partial charge in [0.05, 0.1) is 5.52 Å². The summed E-state index contributed by atoms with van der Waals surface area (Å²) < 4.78 is 0. The Morgan fingerprint density at radius 2 is 2.24 bits per heavy atom. The Morgan fingerprint density at radius 3 is 3.00 bits per heavy atom. The third-order valence-electron chi connectivity index (χ3n) is 3.71. The van der Waals surface area contributed by atoms with Crippen molar-refractivity contribution in [3.63, 3.8) is 0 Å². The van der Waals surface area contributed by atoms with Crippen molar-refractivity contribution in [2.45, 2.75) is 18.9 Å². The van der Waals surface area contributed by atoms with Crippen LogP contribution in [0.1, 0.15) is 23.3 Å². The topological polar surface area (TPSA) is 54.0 Å². The molecular weight excluding hydrogens is 282 g/mol. The minimum atomic E-state index is -0.0789. The number of hydrogen-bond donors (Lipinski definition) is 2. The van der Waals surface area contributed by atoms with Crippen LogP contribution in [0.3, 0.4) is 0 Å². The van der Waals surface area contributed by atoms with Gasteiger partial charge in [-0.3, -0.25) is 4.79 Å². The molecule has 21 heavy (non-hydrogen) atoms. The first kappa shape index (κ1) is 14.2. The highest BCUT2D eigenvalue weighted by Crippen LogP contribution is 2.23. The number of carbonyl (C=O) groups is 1. The lowest BCUT2D eigenvalue weighted by Crippen LogP contribution is -2.38. The number of thioether (sulfide) groups is 1. The van der Waals surface area contributed by atoms with Gasteiger partial charge < -0.3 is 10.6 Å². The Bertz CT molecular complexity index is 653. The summed E-state index contributed by atoms with van der Waals surface area (Å²) in [6.07, 6.45) is 2.23. The molecule has 1 aromatic heterocycles. The van der Waals surface area contributed by atoms with E-state index in [1.165, 1.54) is 12.2 Å². The number of rotatable bonds is 3. The SMILES string of the molecule is CNc1cc(C(=O)NC2CCCSC2)nc2ccccc12. The maximum absolute atomic E-state index is 12.4. The normalized spacial score (nSPS) is 18.4. The maximum atomic E-state index is 12.4. The number of benzene rings is 1. The van der Waals surface area contributed by atoms with E-state index in [9.17, 15) is 4.79 Å². The lowest BCUT2D eigenvalue weighted by Gasteiger charge is -2.22. The number of aromatic nitrogens is 1. The number of nitrogens with zero attached hydrogens (tertiary/aromatic N) is 1. The quantitative estimate of drug-likeness (QED) is 0.915. The number of carbonyl (C=O) groups excluding carboxylic acids is 1.